The maximum Gasteiger partial charge on any atom is 0.258 e. The molecular weight excluding hydrogens is 400 g/mol. The fraction of sp³-hybridized carbons (Fsp3) is 0.417. The van der Waals surface area contributed by atoms with Gasteiger partial charge in [-0.1, -0.05) is 41.9 Å². The summed E-state index contributed by atoms with van der Waals surface area (Å²) >= 11 is 6.09. The van der Waals surface area contributed by atoms with Gasteiger partial charge in [0.25, 0.3) is 5.91 Å². The molecule has 1 aliphatic carbocycles. The molecule has 30 heavy (non-hydrogen) atoms. The second-order valence-electron chi connectivity index (χ2n) is 8.38. The van der Waals surface area contributed by atoms with Crippen molar-refractivity contribution in [2.45, 2.75) is 38.1 Å². The van der Waals surface area contributed by atoms with Crippen molar-refractivity contribution in [1.82, 2.24) is 10.2 Å². The third-order valence-corrected chi connectivity index (χ3v) is 6.46. The maximum atomic E-state index is 13.2. The number of halogens is 1. The Morgan fingerprint density at radius 3 is 2.67 bits per heavy atom. The predicted molar refractivity (Wildman–Crippen MR) is 117 cm³/mol. The zero-order valence-corrected chi connectivity index (χ0v) is 18.0. The molecule has 0 aromatic heterocycles. The third-order valence-electron chi connectivity index (χ3n) is 6.22. The van der Waals surface area contributed by atoms with Gasteiger partial charge in [-0.05, 0) is 61.3 Å². The number of carbonyl (C=O) groups excluding carboxylic acids is 2. The molecule has 1 unspecified atom stereocenters. The highest BCUT2D eigenvalue weighted by atomic mass is 35.5. The highest BCUT2D eigenvalue weighted by Crippen LogP contribution is 2.47. The minimum absolute atomic E-state index is 0.0684. The van der Waals surface area contributed by atoms with E-state index in [0.717, 1.165) is 25.7 Å². The van der Waals surface area contributed by atoms with E-state index in [-0.39, 0.29) is 17.2 Å². The van der Waals surface area contributed by atoms with Gasteiger partial charge in [-0.2, -0.15) is 0 Å². The Kier molecular flexibility index (Phi) is 6.00. The molecule has 1 saturated heterocycles. The molecular formula is C24H27ClN2O3. The molecule has 5 nitrogen and oxygen atoms in total. The summed E-state index contributed by atoms with van der Waals surface area (Å²) in [7, 11) is 1.52. The molecule has 2 aliphatic rings. The summed E-state index contributed by atoms with van der Waals surface area (Å²) < 4.78 is 5.33. The molecule has 1 atom stereocenters. The molecule has 158 valence electrons. The van der Waals surface area contributed by atoms with Crippen LogP contribution in [0.2, 0.25) is 5.02 Å². The van der Waals surface area contributed by atoms with Crippen LogP contribution in [0, 0.1) is 5.41 Å². The standard InChI is InChI=1S/C24H27ClN2O3/c1-30-21-10-9-18(25)14-19(21)23(29)27-13-5-8-20(27)22(28)26-16-24(11-12-24)15-17-6-3-2-4-7-17/h2-4,6-7,9-10,14,20H,5,8,11-13,15-16H2,1H3,(H,26,28). The number of nitrogens with zero attached hydrogens (tertiary/aromatic N) is 1. The van der Waals surface area contributed by atoms with Gasteiger partial charge in [0.2, 0.25) is 5.91 Å². The number of ether oxygens (including phenoxy) is 1. The topological polar surface area (TPSA) is 58.6 Å². The van der Waals surface area contributed by atoms with Gasteiger partial charge in [-0.3, -0.25) is 9.59 Å². The summed E-state index contributed by atoms with van der Waals surface area (Å²) in [6, 6.07) is 14.9. The van der Waals surface area contributed by atoms with E-state index in [4.69, 9.17) is 16.3 Å². The van der Waals surface area contributed by atoms with Crippen LogP contribution in [0.3, 0.4) is 0 Å². The van der Waals surface area contributed by atoms with Crippen LogP contribution in [-0.4, -0.2) is 43.0 Å². The molecule has 1 N–H and O–H groups in total. The van der Waals surface area contributed by atoms with Crippen LogP contribution < -0.4 is 10.1 Å². The summed E-state index contributed by atoms with van der Waals surface area (Å²) in [6.45, 7) is 1.21. The van der Waals surface area contributed by atoms with Crippen molar-refractivity contribution in [3.63, 3.8) is 0 Å². The van der Waals surface area contributed by atoms with Gasteiger partial charge in [-0.25, -0.2) is 0 Å². The molecule has 0 bridgehead atoms. The van der Waals surface area contributed by atoms with E-state index in [1.165, 1.54) is 12.7 Å². The number of methoxy groups -OCH3 is 1. The molecule has 1 aliphatic heterocycles. The summed E-state index contributed by atoms with van der Waals surface area (Å²) in [6.07, 6.45) is 4.69. The smallest absolute Gasteiger partial charge is 0.258 e. The molecule has 1 heterocycles. The maximum absolute atomic E-state index is 13.2. The zero-order valence-electron chi connectivity index (χ0n) is 17.2. The van der Waals surface area contributed by atoms with Crippen LogP contribution in [0.25, 0.3) is 0 Å². The fourth-order valence-corrected chi connectivity index (χ4v) is 4.47. The highest BCUT2D eigenvalue weighted by Gasteiger charge is 2.43. The van der Waals surface area contributed by atoms with Gasteiger partial charge in [0, 0.05) is 18.1 Å². The van der Waals surface area contributed by atoms with Gasteiger partial charge in [0.15, 0.2) is 0 Å². The van der Waals surface area contributed by atoms with E-state index in [1.807, 2.05) is 6.07 Å². The number of rotatable bonds is 7. The number of likely N-dealkylation sites (tertiary alicyclic amines) is 1. The van der Waals surface area contributed by atoms with Crippen LogP contribution in [0.5, 0.6) is 5.75 Å². The van der Waals surface area contributed by atoms with Gasteiger partial charge >= 0.3 is 0 Å². The van der Waals surface area contributed by atoms with Crippen LogP contribution in [0.1, 0.15) is 41.6 Å². The molecule has 2 aromatic rings. The number of nitrogens with one attached hydrogen (secondary N) is 1. The lowest BCUT2D eigenvalue weighted by atomic mass is 9.96. The minimum atomic E-state index is -0.450. The van der Waals surface area contributed by atoms with E-state index in [9.17, 15) is 9.59 Å². The van der Waals surface area contributed by atoms with E-state index in [0.29, 0.717) is 35.8 Å². The Hall–Kier alpha value is -2.53. The first-order chi connectivity index (χ1) is 14.5. The molecule has 0 radical (unpaired) electrons. The summed E-state index contributed by atoms with van der Waals surface area (Å²) in [4.78, 5) is 27.8. The molecule has 2 aromatic carbocycles. The fourth-order valence-electron chi connectivity index (χ4n) is 4.30. The third kappa shape index (κ3) is 4.46. The number of amides is 2. The lowest BCUT2D eigenvalue weighted by Crippen LogP contribution is -2.47. The van der Waals surface area contributed by atoms with Crippen LogP contribution in [0.4, 0.5) is 0 Å². The molecule has 4 rings (SSSR count). The first-order valence-electron chi connectivity index (χ1n) is 10.5. The molecule has 0 spiro atoms. The van der Waals surface area contributed by atoms with Gasteiger partial charge < -0.3 is 15.0 Å². The Morgan fingerprint density at radius 2 is 1.97 bits per heavy atom. The molecule has 6 heteroatoms. The molecule has 1 saturated carbocycles. The van der Waals surface area contributed by atoms with E-state index < -0.39 is 6.04 Å². The van der Waals surface area contributed by atoms with Crippen molar-refractivity contribution >= 4 is 23.4 Å². The SMILES string of the molecule is COc1ccc(Cl)cc1C(=O)N1CCCC1C(=O)NCC1(Cc2ccccc2)CC1. The Labute approximate surface area is 182 Å². The first-order valence-corrected chi connectivity index (χ1v) is 10.9. The van der Waals surface area contributed by atoms with Crippen molar-refractivity contribution < 1.29 is 14.3 Å². The van der Waals surface area contributed by atoms with Crippen molar-refractivity contribution in [3.8, 4) is 5.75 Å². The average molecular weight is 427 g/mol. The second-order valence-corrected chi connectivity index (χ2v) is 8.82. The van der Waals surface area contributed by atoms with Gasteiger partial charge in [-0.15, -0.1) is 0 Å². The number of benzene rings is 2. The molecule has 2 fully saturated rings. The van der Waals surface area contributed by atoms with Gasteiger partial charge in [0.05, 0.1) is 12.7 Å². The van der Waals surface area contributed by atoms with E-state index >= 15 is 0 Å². The predicted octanol–water partition coefficient (Wildman–Crippen LogP) is 4.09. The average Bonchev–Trinajstić information content (AvgIpc) is 3.34. The quantitative estimate of drug-likeness (QED) is 0.725. The Morgan fingerprint density at radius 1 is 1.20 bits per heavy atom. The Balaban J connectivity index is 1.40. The van der Waals surface area contributed by atoms with E-state index in [1.54, 1.807) is 23.1 Å². The minimum Gasteiger partial charge on any atom is -0.496 e. The normalized spacial score (nSPS) is 19.4. The summed E-state index contributed by atoms with van der Waals surface area (Å²) in [5.74, 6) is 0.189. The molecule has 2 amide bonds. The number of hydrogen-bond acceptors (Lipinski definition) is 3. The van der Waals surface area contributed by atoms with Gasteiger partial charge in [0.1, 0.15) is 11.8 Å². The van der Waals surface area contributed by atoms with Crippen molar-refractivity contribution in [1.29, 1.82) is 0 Å². The highest BCUT2D eigenvalue weighted by molar-refractivity contribution is 6.31. The zero-order chi connectivity index (χ0) is 21.1. The summed E-state index contributed by atoms with van der Waals surface area (Å²) in [5, 5.41) is 3.60. The Bertz CT molecular complexity index is 927. The number of hydrogen-bond donors (Lipinski definition) is 1. The largest absolute Gasteiger partial charge is 0.496 e. The first kappa shape index (κ1) is 20.7. The second kappa shape index (κ2) is 8.68. The van der Waals surface area contributed by atoms with Crippen molar-refractivity contribution in [2.24, 2.45) is 5.41 Å². The lowest BCUT2D eigenvalue weighted by Gasteiger charge is -2.26. The summed E-state index contributed by atoms with van der Waals surface area (Å²) in [5.41, 5.74) is 1.85. The van der Waals surface area contributed by atoms with Crippen LogP contribution >= 0.6 is 11.6 Å². The van der Waals surface area contributed by atoms with Crippen molar-refractivity contribution in [2.75, 3.05) is 20.2 Å². The van der Waals surface area contributed by atoms with Crippen molar-refractivity contribution in [3.05, 3.63) is 64.7 Å². The van der Waals surface area contributed by atoms with E-state index in [2.05, 4.69) is 29.6 Å². The lowest BCUT2D eigenvalue weighted by molar-refractivity contribution is -0.125. The van der Waals surface area contributed by atoms with Crippen LogP contribution in [0.15, 0.2) is 48.5 Å². The van der Waals surface area contributed by atoms with Crippen LogP contribution in [-0.2, 0) is 11.2 Å². The monoisotopic (exact) mass is 426 g/mol. The number of carbonyl (C=O) groups is 2.